The molecule has 2 heterocycles. The van der Waals surface area contributed by atoms with Gasteiger partial charge in [0.2, 0.25) is 11.7 Å². The SMILES string of the molecule is Clc1cccc(-c2nc(Cn3nnc(-c4ccccc4)n3)co2)c1. The van der Waals surface area contributed by atoms with E-state index in [1.165, 1.54) is 4.80 Å². The highest BCUT2D eigenvalue weighted by atomic mass is 35.5. The van der Waals surface area contributed by atoms with Crippen LogP contribution in [0.4, 0.5) is 0 Å². The van der Waals surface area contributed by atoms with Gasteiger partial charge in [0.15, 0.2) is 0 Å². The van der Waals surface area contributed by atoms with Gasteiger partial charge in [0.05, 0.1) is 0 Å². The molecule has 0 N–H and O–H groups in total. The van der Waals surface area contributed by atoms with E-state index in [9.17, 15) is 0 Å². The summed E-state index contributed by atoms with van der Waals surface area (Å²) in [6, 6.07) is 17.0. The Labute approximate surface area is 142 Å². The zero-order chi connectivity index (χ0) is 16.4. The number of benzene rings is 2. The van der Waals surface area contributed by atoms with E-state index >= 15 is 0 Å². The minimum absolute atomic E-state index is 0.379. The molecule has 7 heteroatoms. The number of nitrogens with zero attached hydrogens (tertiary/aromatic N) is 5. The molecule has 0 aliphatic rings. The molecule has 118 valence electrons. The second kappa shape index (κ2) is 6.25. The van der Waals surface area contributed by atoms with Gasteiger partial charge in [0.25, 0.3) is 0 Å². The van der Waals surface area contributed by atoms with Gasteiger partial charge in [-0.25, -0.2) is 4.98 Å². The Bertz CT molecular complexity index is 964. The van der Waals surface area contributed by atoms with E-state index in [1.54, 1.807) is 18.4 Å². The van der Waals surface area contributed by atoms with E-state index < -0.39 is 0 Å². The molecule has 0 aliphatic carbocycles. The fourth-order valence-corrected chi connectivity index (χ4v) is 2.48. The maximum atomic E-state index is 5.99. The molecule has 0 amide bonds. The Hall–Kier alpha value is -2.99. The number of tetrazole rings is 1. The van der Waals surface area contributed by atoms with Crippen LogP contribution in [0.5, 0.6) is 0 Å². The van der Waals surface area contributed by atoms with Crippen molar-refractivity contribution in [3.8, 4) is 22.8 Å². The van der Waals surface area contributed by atoms with E-state index in [0.29, 0.717) is 29.0 Å². The van der Waals surface area contributed by atoms with Crippen molar-refractivity contribution in [2.24, 2.45) is 0 Å². The Morgan fingerprint density at radius 1 is 1.00 bits per heavy atom. The van der Waals surface area contributed by atoms with E-state index in [1.807, 2.05) is 42.5 Å². The number of oxazole rings is 1. The highest BCUT2D eigenvalue weighted by molar-refractivity contribution is 6.30. The van der Waals surface area contributed by atoms with Crippen molar-refractivity contribution in [3.63, 3.8) is 0 Å². The highest BCUT2D eigenvalue weighted by Crippen LogP contribution is 2.22. The fraction of sp³-hybridized carbons (Fsp3) is 0.0588. The normalized spacial score (nSPS) is 10.9. The summed E-state index contributed by atoms with van der Waals surface area (Å²) < 4.78 is 5.51. The molecule has 0 spiro atoms. The first-order chi connectivity index (χ1) is 11.8. The predicted octanol–water partition coefficient (Wildman–Crippen LogP) is 3.70. The van der Waals surface area contributed by atoms with Crippen LogP contribution < -0.4 is 0 Å². The van der Waals surface area contributed by atoms with Crippen molar-refractivity contribution in [1.82, 2.24) is 25.2 Å². The first kappa shape index (κ1) is 14.6. The summed E-state index contributed by atoms with van der Waals surface area (Å²) in [4.78, 5) is 5.93. The van der Waals surface area contributed by atoms with Crippen LogP contribution in [-0.2, 0) is 6.54 Å². The van der Waals surface area contributed by atoms with Crippen LogP contribution in [0.25, 0.3) is 22.8 Å². The van der Waals surface area contributed by atoms with Gasteiger partial charge in [-0.15, -0.1) is 10.2 Å². The van der Waals surface area contributed by atoms with Crippen molar-refractivity contribution in [2.75, 3.05) is 0 Å². The molecule has 4 rings (SSSR count). The molecule has 0 atom stereocenters. The lowest BCUT2D eigenvalue weighted by molar-refractivity contribution is 0.550. The molecule has 0 unspecified atom stereocenters. The van der Waals surface area contributed by atoms with Gasteiger partial charge < -0.3 is 4.42 Å². The summed E-state index contributed by atoms with van der Waals surface area (Å²) in [6.45, 7) is 0.379. The Morgan fingerprint density at radius 2 is 1.83 bits per heavy atom. The zero-order valence-corrected chi connectivity index (χ0v) is 13.3. The maximum Gasteiger partial charge on any atom is 0.226 e. The van der Waals surface area contributed by atoms with Crippen LogP contribution in [0, 0.1) is 0 Å². The molecule has 0 saturated carbocycles. The highest BCUT2D eigenvalue weighted by Gasteiger charge is 2.10. The first-order valence-corrected chi connectivity index (χ1v) is 7.69. The fourth-order valence-electron chi connectivity index (χ4n) is 2.29. The third-order valence-corrected chi connectivity index (χ3v) is 3.65. The number of halogens is 1. The van der Waals surface area contributed by atoms with Gasteiger partial charge in [0.1, 0.15) is 18.5 Å². The van der Waals surface area contributed by atoms with Crippen molar-refractivity contribution in [2.45, 2.75) is 6.54 Å². The molecule has 2 aromatic heterocycles. The smallest absolute Gasteiger partial charge is 0.226 e. The monoisotopic (exact) mass is 337 g/mol. The molecule has 0 aliphatic heterocycles. The quantitative estimate of drug-likeness (QED) is 0.568. The topological polar surface area (TPSA) is 69.6 Å². The molecule has 2 aromatic carbocycles. The first-order valence-electron chi connectivity index (χ1n) is 7.31. The average molecular weight is 338 g/mol. The van der Waals surface area contributed by atoms with Crippen molar-refractivity contribution in [3.05, 3.63) is 71.6 Å². The van der Waals surface area contributed by atoms with Crippen molar-refractivity contribution >= 4 is 11.6 Å². The predicted molar refractivity (Wildman–Crippen MR) is 89.3 cm³/mol. The molecule has 6 nitrogen and oxygen atoms in total. The largest absolute Gasteiger partial charge is 0.444 e. The molecule has 0 radical (unpaired) electrons. The van der Waals surface area contributed by atoms with Gasteiger partial charge in [-0.3, -0.25) is 0 Å². The molecule has 0 bridgehead atoms. The van der Waals surface area contributed by atoms with Crippen LogP contribution in [0.2, 0.25) is 5.02 Å². The van der Waals surface area contributed by atoms with Crippen LogP contribution in [0.1, 0.15) is 5.69 Å². The molecular weight excluding hydrogens is 326 g/mol. The summed E-state index contributed by atoms with van der Waals surface area (Å²) in [7, 11) is 0. The maximum absolute atomic E-state index is 5.99. The third kappa shape index (κ3) is 3.04. The minimum atomic E-state index is 0.379. The molecule has 0 saturated heterocycles. The summed E-state index contributed by atoms with van der Waals surface area (Å²) >= 11 is 5.99. The van der Waals surface area contributed by atoms with Crippen LogP contribution in [-0.4, -0.2) is 25.2 Å². The van der Waals surface area contributed by atoms with Gasteiger partial charge in [0, 0.05) is 16.1 Å². The van der Waals surface area contributed by atoms with Gasteiger partial charge in [-0.2, -0.15) is 4.80 Å². The second-order valence-electron chi connectivity index (χ2n) is 5.16. The van der Waals surface area contributed by atoms with Crippen LogP contribution >= 0.6 is 11.6 Å². The van der Waals surface area contributed by atoms with Gasteiger partial charge >= 0.3 is 0 Å². The lowest BCUT2D eigenvalue weighted by Gasteiger charge is -1.95. The summed E-state index contributed by atoms with van der Waals surface area (Å²) in [5, 5.41) is 13.1. The van der Waals surface area contributed by atoms with Crippen molar-refractivity contribution < 1.29 is 4.42 Å². The van der Waals surface area contributed by atoms with E-state index in [-0.39, 0.29) is 0 Å². The minimum Gasteiger partial charge on any atom is -0.444 e. The van der Waals surface area contributed by atoms with E-state index in [4.69, 9.17) is 16.0 Å². The molecule has 0 fully saturated rings. The van der Waals surface area contributed by atoms with E-state index in [2.05, 4.69) is 20.4 Å². The molecule has 24 heavy (non-hydrogen) atoms. The summed E-state index contributed by atoms with van der Waals surface area (Å²) in [5.41, 5.74) is 2.45. The lowest BCUT2D eigenvalue weighted by Crippen LogP contribution is -2.04. The number of hydrogen-bond donors (Lipinski definition) is 0. The zero-order valence-electron chi connectivity index (χ0n) is 12.5. The average Bonchev–Trinajstić information content (AvgIpc) is 3.26. The third-order valence-electron chi connectivity index (χ3n) is 3.41. The Kier molecular flexibility index (Phi) is 3.80. The number of rotatable bonds is 4. The van der Waals surface area contributed by atoms with Gasteiger partial charge in [-0.1, -0.05) is 48.0 Å². The van der Waals surface area contributed by atoms with E-state index in [0.717, 1.165) is 11.1 Å². The number of hydrogen-bond acceptors (Lipinski definition) is 5. The van der Waals surface area contributed by atoms with Crippen LogP contribution in [0.3, 0.4) is 0 Å². The summed E-state index contributed by atoms with van der Waals surface area (Å²) in [6.07, 6.45) is 1.59. The summed E-state index contributed by atoms with van der Waals surface area (Å²) in [5.74, 6) is 1.09. The van der Waals surface area contributed by atoms with Crippen molar-refractivity contribution in [1.29, 1.82) is 0 Å². The standard InChI is InChI=1S/C17H12ClN5O/c18-14-8-4-7-13(9-14)17-19-15(11-24-17)10-23-21-16(20-22-23)12-5-2-1-3-6-12/h1-9,11H,10H2. The number of aromatic nitrogens is 5. The Morgan fingerprint density at radius 3 is 2.67 bits per heavy atom. The lowest BCUT2D eigenvalue weighted by atomic mass is 10.2. The second-order valence-corrected chi connectivity index (χ2v) is 5.60. The Balaban J connectivity index is 1.54. The molecular formula is C17H12ClN5O. The van der Waals surface area contributed by atoms with Crippen LogP contribution in [0.15, 0.2) is 65.3 Å². The molecule has 4 aromatic rings. The van der Waals surface area contributed by atoms with Gasteiger partial charge in [-0.05, 0) is 23.4 Å².